The second-order valence-corrected chi connectivity index (χ2v) is 3.71. The number of esters is 1. The van der Waals surface area contributed by atoms with Gasteiger partial charge in [0, 0.05) is 11.9 Å². The second-order valence-electron chi connectivity index (χ2n) is 3.27. The molecule has 1 radical (unpaired) electrons. The van der Waals surface area contributed by atoms with E-state index in [9.17, 15) is 4.79 Å². The van der Waals surface area contributed by atoms with E-state index in [-0.39, 0.29) is 5.97 Å². The Morgan fingerprint density at radius 2 is 1.86 bits per heavy atom. The molecule has 0 bridgehead atoms. The van der Waals surface area contributed by atoms with E-state index in [4.69, 9.17) is 16.3 Å². The van der Waals surface area contributed by atoms with Gasteiger partial charge in [0.05, 0.1) is 0 Å². The topological polar surface area (TPSA) is 26.3 Å². The Morgan fingerprint density at radius 1 is 1.21 bits per heavy atom. The highest BCUT2D eigenvalue weighted by Crippen LogP contribution is 2.25. The molecule has 0 fully saturated rings. The van der Waals surface area contributed by atoms with Gasteiger partial charge in [-0.15, -0.1) is 0 Å². The molecule has 0 saturated carbocycles. The van der Waals surface area contributed by atoms with Gasteiger partial charge in [-0.3, -0.25) is 4.79 Å². The van der Waals surface area contributed by atoms with Gasteiger partial charge in [0.15, 0.2) is 0 Å². The lowest BCUT2D eigenvalue weighted by Gasteiger charge is -2.08. The Bertz CT molecular complexity index is 345. The third kappa shape index (κ3) is 3.04. The highest BCUT2D eigenvalue weighted by Gasteiger charge is 2.05. The molecular weight excluding hydrogens is 200 g/mol. The summed E-state index contributed by atoms with van der Waals surface area (Å²) < 4.78 is 4.95. The zero-order chi connectivity index (χ0) is 10.7. The van der Waals surface area contributed by atoms with Crippen LogP contribution in [-0.2, 0) is 4.79 Å². The maximum atomic E-state index is 10.7. The van der Waals surface area contributed by atoms with Crippen molar-refractivity contribution in [2.45, 2.75) is 20.8 Å². The fourth-order valence-electron chi connectivity index (χ4n) is 1.08. The number of carbonyl (C=O) groups is 1. The minimum atomic E-state index is -0.341. The number of halogens is 1. The number of rotatable bonds is 2. The molecule has 0 spiro atoms. The van der Waals surface area contributed by atoms with Crippen LogP contribution in [0.2, 0.25) is 5.02 Å². The van der Waals surface area contributed by atoms with Crippen molar-refractivity contribution in [1.29, 1.82) is 0 Å². The van der Waals surface area contributed by atoms with Crippen molar-refractivity contribution >= 4 is 17.6 Å². The number of hydrogen-bond donors (Lipinski definition) is 0. The van der Waals surface area contributed by atoms with Crippen molar-refractivity contribution in [2.75, 3.05) is 0 Å². The Hall–Kier alpha value is -1.02. The van der Waals surface area contributed by atoms with Crippen LogP contribution >= 0.6 is 11.6 Å². The van der Waals surface area contributed by atoms with Crippen LogP contribution in [0.5, 0.6) is 5.75 Å². The minimum Gasteiger partial charge on any atom is -0.427 e. The number of carbonyl (C=O) groups excluding carboxylic acids is 1. The predicted octanol–water partition coefficient (Wildman–Crippen LogP) is 3.23. The molecule has 0 aliphatic rings. The summed E-state index contributed by atoms with van der Waals surface area (Å²) in [5.41, 5.74) is 0.980. The van der Waals surface area contributed by atoms with Crippen LogP contribution in [-0.4, -0.2) is 5.97 Å². The van der Waals surface area contributed by atoms with Gasteiger partial charge in [0.25, 0.3) is 0 Å². The van der Waals surface area contributed by atoms with E-state index in [1.807, 2.05) is 19.9 Å². The van der Waals surface area contributed by atoms with Gasteiger partial charge in [-0.1, -0.05) is 25.4 Å². The molecular formula is C11H12ClO2. The van der Waals surface area contributed by atoms with Gasteiger partial charge < -0.3 is 4.74 Å². The van der Waals surface area contributed by atoms with Crippen LogP contribution in [0.1, 0.15) is 26.3 Å². The first-order valence-corrected chi connectivity index (χ1v) is 4.66. The van der Waals surface area contributed by atoms with Crippen LogP contribution in [0.25, 0.3) is 0 Å². The normalized spacial score (nSPS) is 10.4. The SMILES string of the molecule is C[C](C)c1cc(Cl)cc(OC(C)=O)c1. The largest absolute Gasteiger partial charge is 0.427 e. The van der Waals surface area contributed by atoms with Crippen LogP contribution in [0.15, 0.2) is 18.2 Å². The first-order chi connectivity index (χ1) is 6.49. The van der Waals surface area contributed by atoms with E-state index in [1.165, 1.54) is 6.92 Å². The van der Waals surface area contributed by atoms with E-state index in [0.717, 1.165) is 11.5 Å². The highest BCUT2D eigenvalue weighted by molar-refractivity contribution is 6.30. The van der Waals surface area contributed by atoms with Crippen molar-refractivity contribution in [1.82, 2.24) is 0 Å². The first kappa shape index (κ1) is 11.1. The van der Waals surface area contributed by atoms with Crippen molar-refractivity contribution < 1.29 is 9.53 Å². The molecule has 0 unspecified atom stereocenters. The van der Waals surface area contributed by atoms with Crippen molar-refractivity contribution in [2.24, 2.45) is 0 Å². The average molecular weight is 212 g/mol. The van der Waals surface area contributed by atoms with Gasteiger partial charge >= 0.3 is 5.97 Å². The minimum absolute atomic E-state index is 0.341. The molecule has 75 valence electrons. The molecule has 0 heterocycles. The summed E-state index contributed by atoms with van der Waals surface area (Å²) in [5, 5.41) is 0.569. The molecule has 0 aliphatic carbocycles. The maximum Gasteiger partial charge on any atom is 0.308 e. The standard InChI is InChI=1S/C11H12ClO2/c1-7(2)9-4-10(12)6-11(5-9)14-8(3)13/h4-6H,1-3H3. The summed E-state index contributed by atoms with van der Waals surface area (Å²) >= 11 is 5.87. The number of hydrogen-bond acceptors (Lipinski definition) is 2. The lowest BCUT2D eigenvalue weighted by Crippen LogP contribution is -2.02. The van der Waals surface area contributed by atoms with Gasteiger partial charge in [-0.2, -0.15) is 0 Å². The summed E-state index contributed by atoms with van der Waals surface area (Å²) in [4.78, 5) is 10.7. The molecule has 1 rings (SSSR count). The van der Waals surface area contributed by atoms with E-state index in [2.05, 4.69) is 0 Å². The van der Waals surface area contributed by atoms with Crippen LogP contribution < -0.4 is 4.74 Å². The van der Waals surface area contributed by atoms with E-state index in [0.29, 0.717) is 10.8 Å². The molecule has 0 atom stereocenters. The first-order valence-electron chi connectivity index (χ1n) is 4.28. The maximum absolute atomic E-state index is 10.7. The summed E-state index contributed by atoms with van der Waals surface area (Å²) in [7, 11) is 0. The number of benzene rings is 1. The Kier molecular flexibility index (Phi) is 3.53. The van der Waals surface area contributed by atoms with E-state index >= 15 is 0 Å². The predicted molar refractivity (Wildman–Crippen MR) is 56.5 cm³/mol. The molecule has 0 amide bonds. The third-order valence-corrected chi connectivity index (χ3v) is 1.93. The fraction of sp³-hybridized carbons (Fsp3) is 0.273. The van der Waals surface area contributed by atoms with Crippen LogP contribution in [0.3, 0.4) is 0 Å². The molecule has 1 aromatic rings. The lowest BCUT2D eigenvalue weighted by atomic mass is 10.0. The summed E-state index contributed by atoms with van der Waals surface area (Å²) in [5.74, 6) is 1.27. The molecule has 0 N–H and O–H groups in total. The van der Waals surface area contributed by atoms with Gasteiger partial charge in [0.1, 0.15) is 5.75 Å². The fourth-order valence-corrected chi connectivity index (χ4v) is 1.30. The summed E-state index contributed by atoms with van der Waals surface area (Å²) in [6.07, 6.45) is 0. The van der Waals surface area contributed by atoms with Crippen molar-refractivity contribution in [3.63, 3.8) is 0 Å². The Labute approximate surface area is 88.8 Å². The van der Waals surface area contributed by atoms with Crippen LogP contribution in [0, 0.1) is 5.92 Å². The molecule has 1 aromatic carbocycles. The van der Waals surface area contributed by atoms with Gasteiger partial charge in [0.2, 0.25) is 0 Å². The molecule has 0 saturated heterocycles. The third-order valence-electron chi connectivity index (χ3n) is 1.71. The molecule has 3 heteroatoms. The Balaban J connectivity index is 3.01. The van der Waals surface area contributed by atoms with Gasteiger partial charge in [-0.05, 0) is 29.7 Å². The summed E-state index contributed by atoms with van der Waals surface area (Å²) in [6.45, 7) is 5.31. The average Bonchev–Trinajstić information content (AvgIpc) is 2.01. The highest BCUT2D eigenvalue weighted by atomic mass is 35.5. The smallest absolute Gasteiger partial charge is 0.308 e. The summed E-state index contributed by atoms with van der Waals surface area (Å²) in [6, 6.07) is 5.25. The molecule has 14 heavy (non-hydrogen) atoms. The van der Waals surface area contributed by atoms with Crippen molar-refractivity contribution in [3.8, 4) is 5.75 Å². The lowest BCUT2D eigenvalue weighted by molar-refractivity contribution is -0.131. The zero-order valence-corrected chi connectivity index (χ0v) is 9.18. The zero-order valence-electron chi connectivity index (χ0n) is 8.43. The second kappa shape index (κ2) is 4.47. The molecule has 0 aliphatic heterocycles. The van der Waals surface area contributed by atoms with E-state index < -0.39 is 0 Å². The monoisotopic (exact) mass is 211 g/mol. The molecule has 2 nitrogen and oxygen atoms in total. The Morgan fingerprint density at radius 3 is 2.36 bits per heavy atom. The number of ether oxygens (including phenoxy) is 1. The van der Waals surface area contributed by atoms with Crippen molar-refractivity contribution in [3.05, 3.63) is 34.7 Å². The molecule has 0 aromatic heterocycles. The van der Waals surface area contributed by atoms with E-state index in [1.54, 1.807) is 12.1 Å². The van der Waals surface area contributed by atoms with Gasteiger partial charge in [-0.25, -0.2) is 0 Å². The quantitative estimate of drug-likeness (QED) is 0.555. The van der Waals surface area contributed by atoms with Crippen LogP contribution in [0.4, 0.5) is 0 Å².